The molecule has 1 unspecified atom stereocenters. The van der Waals surface area contributed by atoms with Gasteiger partial charge in [-0.05, 0) is 60.5 Å². The molecule has 2 aliphatic heterocycles. The number of nitriles is 1. The van der Waals surface area contributed by atoms with Crippen LogP contribution in [0.1, 0.15) is 27.9 Å². The minimum atomic E-state index is -2.36. The summed E-state index contributed by atoms with van der Waals surface area (Å²) in [4.78, 5) is 38.2. The van der Waals surface area contributed by atoms with Gasteiger partial charge in [0.2, 0.25) is 10.3 Å². The lowest BCUT2D eigenvalue weighted by Gasteiger charge is -2.33. The summed E-state index contributed by atoms with van der Waals surface area (Å²) in [7, 11) is 2.59. The highest BCUT2D eigenvalue weighted by atomic mass is 32.2. The molecule has 0 fully saturated rings. The number of carbonyl (C=O) groups is 2. The van der Waals surface area contributed by atoms with E-state index in [1.807, 2.05) is 0 Å². The molecule has 1 N–H and O–H groups in total. The first-order chi connectivity index (χ1) is 20.5. The Kier molecular flexibility index (Phi) is 7.96. The van der Waals surface area contributed by atoms with Crippen LogP contribution in [-0.4, -0.2) is 73.9 Å². The number of benzene rings is 2. The lowest BCUT2D eigenvalue weighted by molar-refractivity contribution is -0.121. The molecule has 0 aromatic heterocycles. The van der Waals surface area contributed by atoms with Gasteiger partial charge < -0.3 is 19.7 Å². The largest absolute Gasteiger partial charge is 0.437 e. The van der Waals surface area contributed by atoms with Gasteiger partial charge in [0.15, 0.2) is 11.9 Å². The van der Waals surface area contributed by atoms with Gasteiger partial charge >= 0.3 is 6.02 Å². The third-order valence-corrected chi connectivity index (χ3v) is 7.48. The van der Waals surface area contributed by atoms with E-state index < -0.39 is 22.2 Å². The van der Waals surface area contributed by atoms with Crippen LogP contribution in [0.2, 0.25) is 0 Å². The average Bonchev–Trinajstić information content (AvgIpc) is 2.99. The zero-order chi connectivity index (χ0) is 30.8. The number of ether oxygens (including phenoxy) is 2. The van der Waals surface area contributed by atoms with Crippen molar-refractivity contribution >= 4 is 38.8 Å². The smallest absolute Gasteiger partial charge is 0.306 e. The van der Waals surface area contributed by atoms with Gasteiger partial charge in [0.05, 0.1) is 16.5 Å². The standard InChI is InChI=1S/C30H26N6O6S/c1-17-14-22(11-8-20(17)16-31)41-28-25-26(32-24(27(37)33-25)18-9-12-23(13-10-18)43(39)40)36(4)30(34-28)42-21-7-5-6-19(15-21)29(38)35(2)3/h5-12,14-15,24H,13H2,1-4H3,(H,33,37). The van der Waals surface area contributed by atoms with Crippen LogP contribution >= 0.6 is 0 Å². The molecular weight excluding hydrogens is 572 g/mol. The number of nitrogens with one attached hydrogen (secondary N) is 1. The van der Waals surface area contributed by atoms with E-state index in [4.69, 9.17) is 14.5 Å². The van der Waals surface area contributed by atoms with Gasteiger partial charge in [0.1, 0.15) is 17.2 Å². The monoisotopic (exact) mass is 598 g/mol. The summed E-state index contributed by atoms with van der Waals surface area (Å²) < 4.78 is 34.9. The van der Waals surface area contributed by atoms with E-state index in [-0.39, 0.29) is 40.6 Å². The lowest BCUT2D eigenvalue weighted by atomic mass is 9.98. The summed E-state index contributed by atoms with van der Waals surface area (Å²) >= 11 is 0. The first-order valence-corrected chi connectivity index (χ1v) is 14.1. The predicted octanol–water partition coefficient (Wildman–Crippen LogP) is 2.33. The fourth-order valence-corrected chi connectivity index (χ4v) is 4.86. The van der Waals surface area contributed by atoms with Crippen LogP contribution in [0.15, 0.2) is 87.8 Å². The number of hydrogen-bond acceptors (Lipinski definition) is 10. The van der Waals surface area contributed by atoms with Crippen LogP contribution < -0.4 is 14.8 Å². The third-order valence-electron chi connectivity index (χ3n) is 6.75. The Balaban J connectivity index is 1.56. The number of allylic oxidation sites excluding steroid dienone is 2. The molecule has 43 heavy (non-hydrogen) atoms. The summed E-state index contributed by atoms with van der Waals surface area (Å²) in [6.45, 7) is 1.77. The Hall–Kier alpha value is -5.48. The number of amidine groups is 2. The van der Waals surface area contributed by atoms with Crippen molar-refractivity contribution in [3.63, 3.8) is 0 Å². The minimum Gasteiger partial charge on any atom is -0.437 e. The first kappa shape index (κ1) is 29.0. The Bertz CT molecular complexity index is 1890. The third kappa shape index (κ3) is 5.95. The van der Waals surface area contributed by atoms with Crippen molar-refractivity contribution in [3.8, 4) is 17.6 Å². The van der Waals surface area contributed by atoms with Crippen LogP contribution in [0.25, 0.3) is 0 Å². The Morgan fingerprint density at radius 3 is 2.56 bits per heavy atom. The Labute approximate surface area is 249 Å². The van der Waals surface area contributed by atoms with Crippen LogP contribution in [0.3, 0.4) is 0 Å². The molecule has 1 atom stereocenters. The molecule has 2 amide bonds. The van der Waals surface area contributed by atoms with E-state index in [1.54, 1.807) is 82.7 Å². The molecule has 0 bridgehead atoms. The molecule has 2 aromatic rings. The number of aryl methyl sites for hydroxylation is 1. The number of carbonyl (C=O) groups excluding carboxylic acids is 2. The normalized spacial score (nSPS) is 17.6. The van der Waals surface area contributed by atoms with E-state index in [1.165, 1.54) is 15.9 Å². The molecule has 12 nitrogen and oxygen atoms in total. The number of fused-ring (bicyclic) bond motifs is 1. The van der Waals surface area contributed by atoms with Gasteiger partial charge in [-0.3, -0.25) is 14.5 Å². The quantitative estimate of drug-likeness (QED) is 0.515. The summed E-state index contributed by atoms with van der Waals surface area (Å²) in [5.41, 5.74) is 2.31. The van der Waals surface area contributed by atoms with Crippen molar-refractivity contribution < 1.29 is 27.5 Å². The van der Waals surface area contributed by atoms with Crippen molar-refractivity contribution in [2.24, 2.45) is 9.98 Å². The van der Waals surface area contributed by atoms with Crippen LogP contribution in [0.5, 0.6) is 11.5 Å². The number of rotatable bonds is 5. The number of likely N-dealkylation sites (N-methyl/N-ethyl adjacent to an activating group) is 1. The second-order valence-electron chi connectivity index (χ2n) is 9.94. The van der Waals surface area contributed by atoms with Crippen molar-refractivity contribution in [1.82, 2.24) is 15.1 Å². The SMILES string of the molecule is Cc1cc(OC2=C3NC(=O)C(C4=CCC(=S(=O)=O)C=C4)N=C3N(C)C(Oc3cccc(C(=O)N(C)C)c3)=N2)ccc1C#N. The van der Waals surface area contributed by atoms with E-state index >= 15 is 0 Å². The van der Waals surface area contributed by atoms with E-state index in [0.717, 1.165) is 0 Å². The van der Waals surface area contributed by atoms with Gasteiger partial charge in [-0.1, -0.05) is 18.2 Å². The van der Waals surface area contributed by atoms with Crippen molar-refractivity contribution in [2.75, 3.05) is 21.1 Å². The van der Waals surface area contributed by atoms with Crippen LogP contribution in [0, 0.1) is 18.3 Å². The Morgan fingerprint density at radius 1 is 1.14 bits per heavy atom. The van der Waals surface area contributed by atoms with Gasteiger partial charge in [-0.25, -0.2) is 4.99 Å². The van der Waals surface area contributed by atoms with E-state index in [9.17, 15) is 23.3 Å². The van der Waals surface area contributed by atoms with Gasteiger partial charge in [0.25, 0.3) is 17.7 Å². The predicted molar refractivity (Wildman–Crippen MR) is 159 cm³/mol. The molecule has 0 saturated carbocycles. The number of amides is 2. The lowest BCUT2D eigenvalue weighted by Crippen LogP contribution is -2.51. The number of hydrogen-bond donors (Lipinski definition) is 1. The maximum Gasteiger partial charge on any atom is 0.306 e. The van der Waals surface area contributed by atoms with Crippen molar-refractivity contribution in [3.05, 3.63) is 94.5 Å². The highest BCUT2D eigenvalue weighted by molar-refractivity contribution is 7.73. The second kappa shape index (κ2) is 11.8. The molecule has 0 radical (unpaired) electrons. The van der Waals surface area contributed by atoms with Crippen molar-refractivity contribution in [1.29, 1.82) is 5.26 Å². The summed E-state index contributed by atoms with van der Waals surface area (Å²) in [6, 6.07) is 12.7. The highest BCUT2D eigenvalue weighted by Crippen LogP contribution is 2.28. The Morgan fingerprint density at radius 2 is 1.91 bits per heavy atom. The minimum absolute atomic E-state index is 0.00572. The van der Waals surface area contributed by atoms with Crippen LogP contribution in [0.4, 0.5) is 0 Å². The van der Waals surface area contributed by atoms with Crippen LogP contribution in [-0.2, 0) is 15.1 Å². The second-order valence-corrected chi connectivity index (χ2v) is 10.9. The molecule has 0 saturated heterocycles. The first-order valence-electron chi connectivity index (χ1n) is 13.0. The molecule has 5 rings (SSSR count). The maximum atomic E-state index is 13.3. The zero-order valence-corrected chi connectivity index (χ0v) is 24.5. The molecular formula is C30H26N6O6S. The molecule has 3 aliphatic rings. The van der Waals surface area contributed by atoms with Gasteiger partial charge in [0, 0.05) is 33.1 Å². The van der Waals surface area contributed by atoms with Crippen molar-refractivity contribution in [2.45, 2.75) is 19.4 Å². The molecule has 218 valence electrons. The fraction of sp³-hybridized carbons (Fsp3) is 0.200. The maximum absolute atomic E-state index is 13.3. The average molecular weight is 599 g/mol. The molecule has 0 spiro atoms. The topological polar surface area (TPSA) is 154 Å². The molecule has 2 heterocycles. The van der Waals surface area contributed by atoms with E-state index in [2.05, 4.69) is 16.4 Å². The summed E-state index contributed by atoms with van der Waals surface area (Å²) in [5.74, 6) is 0.317. The van der Waals surface area contributed by atoms with Gasteiger partial charge in [-0.15, -0.1) is 0 Å². The number of aliphatic imine (C=N–C) groups is 2. The molecule has 2 aromatic carbocycles. The fourth-order valence-electron chi connectivity index (χ4n) is 4.46. The summed E-state index contributed by atoms with van der Waals surface area (Å²) in [6.07, 6.45) is 4.78. The van der Waals surface area contributed by atoms with Gasteiger partial charge in [-0.2, -0.15) is 18.7 Å². The zero-order valence-electron chi connectivity index (χ0n) is 23.7. The highest BCUT2D eigenvalue weighted by Gasteiger charge is 2.38. The molecule has 13 heteroatoms. The van der Waals surface area contributed by atoms with E-state index in [0.29, 0.717) is 33.8 Å². The molecule has 1 aliphatic carbocycles. The summed E-state index contributed by atoms with van der Waals surface area (Å²) in [5, 5.41) is 12.1. The number of nitrogens with zero attached hydrogens (tertiary/aromatic N) is 5.